The number of ether oxygens (including phenoxy) is 2. The van der Waals surface area contributed by atoms with Crippen molar-refractivity contribution in [2.45, 2.75) is 32.4 Å². The van der Waals surface area contributed by atoms with Crippen LogP contribution < -0.4 is 19.7 Å². The zero-order valence-corrected chi connectivity index (χ0v) is 18.2. The molecule has 160 valence electrons. The first-order valence-corrected chi connectivity index (χ1v) is 10.5. The number of hydrogen-bond acceptors (Lipinski definition) is 7. The Balaban J connectivity index is 1.85. The van der Waals surface area contributed by atoms with Crippen molar-refractivity contribution in [3.63, 3.8) is 0 Å². The lowest BCUT2D eigenvalue weighted by Gasteiger charge is -2.33. The largest absolute Gasteiger partial charge is 0.454 e. The van der Waals surface area contributed by atoms with Gasteiger partial charge in [-0.3, -0.25) is 14.5 Å². The normalized spacial score (nSPS) is 13.5. The number of hydrogen-bond donors (Lipinski definition) is 1. The number of fused-ring (bicyclic) bond motifs is 1. The number of benzene rings is 2. The number of rotatable bonds is 5. The van der Waals surface area contributed by atoms with Gasteiger partial charge in [0.2, 0.25) is 12.7 Å². The van der Waals surface area contributed by atoms with Gasteiger partial charge in [-0.05, 0) is 50.0 Å². The minimum Gasteiger partial charge on any atom is -0.454 e. The van der Waals surface area contributed by atoms with Crippen molar-refractivity contribution < 1.29 is 19.1 Å². The van der Waals surface area contributed by atoms with E-state index in [1.54, 1.807) is 23.6 Å². The van der Waals surface area contributed by atoms with Crippen LogP contribution in [0.5, 0.6) is 11.5 Å². The van der Waals surface area contributed by atoms with Gasteiger partial charge in [0, 0.05) is 22.7 Å². The van der Waals surface area contributed by atoms with Crippen LogP contribution in [0.2, 0.25) is 0 Å². The van der Waals surface area contributed by atoms with Gasteiger partial charge in [0.25, 0.3) is 5.91 Å². The lowest BCUT2D eigenvalue weighted by atomic mass is 10.0. The maximum absolute atomic E-state index is 13.6. The second-order valence-corrected chi connectivity index (χ2v) is 8.67. The van der Waals surface area contributed by atoms with Gasteiger partial charge >= 0.3 is 0 Å². The van der Waals surface area contributed by atoms with Crippen molar-refractivity contribution in [1.82, 2.24) is 14.9 Å². The molecule has 31 heavy (non-hydrogen) atoms. The van der Waals surface area contributed by atoms with E-state index in [4.69, 9.17) is 9.47 Å². The highest BCUT2D eigenvalue weighted by atomic mass is 32.1. The van der Waals surface area contributed by atoms with Gasteiger partial charge in [-0.2, -0.15) is 0 Å². The summed E-state index contributed by atoms with van der Waals surface area (Å²) in [6.45, 7) is 5.79. The molecule has 0 saturated heterocycles. The third kappa shape index (κ3) is 4.51. The molecule has 1 aliphatic heterocycles. The summed E-state index contributed by atoms with van der Waals surface area (Å²) in [5.41, 5.74) is 0.821. The summed E-state index contributed by atoms with van der Waals surface area (Å²) >= 11 is 1.07. The molecule has 0 saturated carbocycles. The maximum atomic E-state index is 13.6. The smallest absolute Gasteiger partial charge is 0.280 e. The molecule has 1 unspecified atom stereocenters. The molecule has 1 N–H and O–H groups in total. The molecular weight excluding hydrogens is 416 g/mol. The minimum atomic E-state index is -0.935. The van der Waals surface area contributed by atoms with E-state index in [-0.39, 0.29) is 18.4 Å². The Labute approximate surface area is 184 Å². The second kappa shape index (κ2) is 8.35. The van der Waals surface area contributed by atoms with Gasteiger partial charge in [-0.15, -0.1) is 5.10 Å². The highest BCUT2D eigenvalue weighted by Crippen LogP contribution is 2.38. The van der Waals surface area contributed by atoms with Gasteiger partial charge in [0.05, 0.1) is 0 Å². The van der Waals surface area contributed by atoms with Gasteiger partial charge in [0.15, 0.2) is 17.2 Å². The van der Waals surface area contributed by atoms with E-state index in [2.05, 4.69) is 14.9 Å². The van der Waals surface area contributed by atoms with Crippen LogP contribution in [0.1, 0.15) is 42.9 Å². The maximum Gasteiger partial charge on any atom is 0.280 e. The SMILES string of the molecule is CC(C)(C)NC(=O)C(c1ccccc1)N(C(=O)c1csnn1)c1ccc2c(c1)OCO2. The fourth-order valence-electron chi connectivity index (χ4n) is 3.29. The van der Waals surface area contributed by atoms with Crippen molar-refractivity contribution in [3.8, 4) is 11.5 Å². The molecular formula is C22H22N4O4S. The lowest BCUT2D eigenvalue weighted by Crippen LogP contribution is -2.49. The molecule has 0 spiro atoms. The van der Waals surface area contributed by atoms with Crippen molar-refractivity contribution in [1.29, 1.82) is 0 Å². The van der Waals surface area contributed by atoms with Crippen LogP contribution in [0, 0.1) is 0 Å². The van der Waals surface area contributed by atoms with Crippen LogP contribution in [-0.4, -0.2) is 33.7 Å². The molecule has 2 amide bonds. The predicted octanol–water partition coefficient (Wildman–Crippen LogP) is 3.57. The highest BCUT2D eigenvalue weighted by Gasteiger charge is 2.36. The molecule has 1 aromatic heterocycles. The third-order valence-electron chi connectivity index (χ3n) is 4.55. The standard InChI is InChI=1S/C22H22N4O4S/c1-22(2,3)23-20(27)19(14-7-5-4-6-8-14)26(21(28)16-12-31-25-24-16)15-9-10-17-18(11-15)30-13-29-17/h4-12,19H,13H2,1-3H3,(H,23,27). The molecule has 9 heteroatoms. The summed E-state index contributed by atoms with van der Waals surface area (Å²) in [4.78, 5) is 28.5. The van der Waals surface area contributed by atoms with E-state index in [1.165, 1.54) is 4.90 Å². The molecule has 8 nitrogen and oxygen atoms in total. The number of nitrogens with one attached hydrogen (secondary N) is 1. The van der Waals surface area contributed by atoms with Gasteiger partial charge in [-0.25, -0.2) is 0 Å². The zero-order chi connectivity index (χ0) is 22.0. The van der Waals surface area contributed by atoms with Crippen molar-refractivity contribution in [2.75, 3.05) is 11.7 Å². The van der Waals surface area contributed by atoms with Crippen molar-refractivity contribution in [3.05, 3.63) is 65.2 Å². The Bertz CT molecular complexity index is 1080. The topological polar surface area (TPSA) is 93.7 Å². The number of carbonyl (C=O) groups excluding carboxylic acids is 2. The van der Waals surface area contributed by atoms with Gasteiger partial charge < -0.3 is 14.8 Å². The zero-order valence-electron chi connectivity index (χ0n) is 17.4. The average molecular weight is 439 g/mol. The summed E-state index contributed by atoms with van der Waals surface area (Å²) in [6.07, 6.45) is 0. The Morgan fingerprint density at radius 2 is 1.84 bits per heavy atom. The number of anilines is 1. The van der Waals surface area contributed by atoms with E-state index >= 15 is 0 Å². The van der Waals surface area contributed by atoms with Crippen molar-refractivity contribution >= 4 is 29.0 Å². The molecule has 3 aromatic rings. The van der Waals surface area contributed by atoms with Crippen LogP contribution in [0.4, 0.5) is 5.69 Å². The first-order valence-electron chi connectivity index (χ1n) is 9.71. The first kappa shape index (κ1) is 20.8. The number of aromatic nitrogens is 2. The number of amides is 2. The first-order chi connectivity index (χ1) is 14.8. The predicted molar refractivity (Wildman–Crippen MR) is 116 cm³/mol. The molecule has 2 heterocycles. The van der Waals surface area contributed by atoms with E-state index in [1.807, 2.05) is 51.1 Å². The molecule has 1 atom stereocenters. The fourth-order valence-corrected chi connectivity index (χ4v) is 3.72. The molecule has 4 rings (SSSR count). The van der Waals surface area contributed by atoms with E-state index in [0.717, 1.165) is 11.5 Å². The molecule has 0 radical (unpaired) electrons. The Hall–Kier alpha value is -3.46. The van der Waals surface area contributed by atoms with Crippen LogP contribution in [0.15, 0.2) is 53.9 Å². The Kier molecular flexibility index (Phi) is 5.60. The summed E-state index contributed by atoms with van der Waals surface area (Å²) in [7, 11) is 0. The molecule has 0 bridgehead atoms. The molecule has 1 aliphatic rings. The third-order valence-corrected chi connectivity index (χ3v) is 5.06. The lowest BCUT2D eigenvalue weighted by molar-refractivity contribution is -0.123. The summed E-state index contributed by atoms with van der Waals surface area (Å²) in [5.74, 6) is 0.343. The van der Waals surface area contributed by atoms with Crippen LogP contribution in [-0.2, 0) is 4.79 Å². The summed E-state index contributed by atoms with van der Waals surface area (Å²) < 4.78 is 14.7. The molecule has 2 aromatic carbocycles. The second-order valence-electron chi connectivity index (χ2n) is 8.06. The number of nitrogens with zero attached hydrogens (tertiary/aromatic N) is 3. The van der Waals surface area contributed by atoms with Crippen LogP contribution in [0.3, 0.4) is 0 Å². The van der Waals surface area contributed by atoms with Gasteiger partial charge in [-0.1, -0.05) is 34.8 Å². The van der Waals surface area contributed by atoms with Crippen molar-refractivity contribution in [2.24, 2.45) is 0 Å². The Morgan fingerprint density at radius 1 is 1.10 bits per heavy atom. The minimum absolute atomic E-state index is 0.107. The summed E-state index contributed by atoms with van der Waals surface area (Å²) in [6, 6.07) is 13.4. The fraction of sp³-hybridized carbons (Fsp3) is 0.273. The highest BCUT2D eigenvalue weighted by molar-refractivity contribution is 7.03. The van der Waals surface area contributed by atoms with Gasteiger partial charge in [0.1, 0.15) is 6.04 Å². The van der Waals surface area contributed by atoms with E-state index in [0.29, 0.717) is 22.7 Å². The number of carbonyl (C=O) groups is 2. The monoisotopic (exact) mass is 438 g/mol. The van der Waals surface area contributed by atoms with Crippen LogP contribution in [0.25, 0.3) is 0 Å². The Morgan fingerprint density at radius 3 is 2.52 bits per heavy atom. The summed E-state index contributed by atoms with van der Waals surface area (Å²) in [5, 5.41) is 8.49. The molecule has 0 aliphatic carbocycles. The average Bonchev–Trinajstić information content (AvgIpc) is 3.42. The van der Waals surface area contributed by atoms with Crippen LogP contribution >= 0.6 is 11.5 Å². The molecule has 0 fully saturated rings. The van der Waals surface area contributed by atoms with E-state index in [9.17, 15) is 9.59 Å². The quantitative estimate of drug-likeness (QED) is 0.655. The van der Waals surface area contributed by atoms with E-state index < -0.39 is 17.5 Å².